The molecule has 2 aromatic rings. The Balaban J connectivity index is 3.02. The highest BCUT2D eigenvalue weighted by Gasteiger charge is 2.11. The molecule has 0 spiro atoms. The van der Waals surface area contributed by atoms with Crippen molar-refractivity contribution in [2.24, 2.45) is 0 Å². The fourth-order valence-electron chi connectivity index (χ4n) is 1.61. The van der Waals surface area contributed by atoms with Gasteiger partial charge in [0, 0.05) is 17.8 Å². The SMILES string of the molecule is Cc1c(O)c(I)c(C)c2cnccc12. The average Bonchev–Trinajstić information content (AvgIpc) is 2.23. The van der Waals surface area contributed by atoms with Crippen molar-refractivity contribution < 1.29 is 5.11 Å². The van der Waals surface area contributed by atoms with E-state index in [0.717, 1.165) is 25.5 Å². The van der Waals surface area contributed by atoms with Crippen LogP contribution in [0.15, 0.2) is 18.5 Å². The molecule has 1 heterocycles. The van der Waals surface area contributed by atoms with Crippen molar-refractivity contribution in [3.8, 4) is 5.75 Å². The lowest BCUT2D eigenvalue weighted by atomic mass is 10.0. The molecule has 14 heavy (non-hydrogen) atoms. The molecule has 1 N–H and O–H groups in total. The first-order valence-corrected chi connectivity index (χ1v) is 5.42. The number of fused-ring (bicyclic) bond motifs is 1. The van der Waals surface area contributed by atoms with Crippen LogP contribution in [-0.4, -0.2) is 10.1 Å². The van der Waals surface area contributed by atoms with Crippen molar-refractivity contribution in [2.45, 2.75) is 13.8 Å². The summed E-state index contributed by atoms with van der Waals surface area (Å²) in [5, 5.41) is 12.1. The van der Waals surface area contributed by atoms with E-state index in [2.05, 4.69) is 27.6 Å². The fraction of sp³-hybridized carbons (Fsp3) is 0.182. The predicted molar refractivity (Wildman–Crippen MR) is 65.6 cm³/mol. The molecule has 0 aliphatic carbocycles. The molecule has 0 saturated heterocycles. The summed E-state index contributed by atoms with van der Waals surface area (Å²) in [6, 6.07) is 1.94. The lowest BCUT2D eigenvalue weighted by Crippen LogP contribution is -1.90. The molecule has 0 bridgehead atoms. The summed E-state index contributed by atoms with van der Waals surface area (Å²) in [6.07, 6.45) is 3.60. The smallest absolute Gasteiger partial charge is 0.132 e. The molecule has 3 heteroatoms. The summed E-state index contributed by atoms with van der Waals surface area (Å²) in [7, 11) is 0. The monoisotopic (exact) mass is 299 g/mol. The van der Waals surface area contributed by atoms with E-state index < -0.39 is 0 Å². The highest BCUT2D eigenvalue weighted by Crippen LogP contribution is 2.34. The first-order chi connectivity index (χ1) is 6.63. The molecule has 2 rings (SSSR count). The Morgan fingerprint density at radius 1 is 1.21 bits per heavy atom. The van der Waals surface area contributed by atoms with Gasteiger partial charge < -0.3 is 5.11 Å². The van der Waals surface area contributed by atoms with E-state index >= 15 is 0 Å². The number of phenols is 1. The number of halogens is 1. The molecule has 1 aromatic heterocycles. The maximum Gasteiger partial charge on any atom is 0.132 e. The number of pyridine rings is 1. The van der Waals surface area contributed by atoms with Crippen LogP contribution in [0.2, 0.25) is 0 Å². The molecular formula is C11H10INO. The van der Waals surface area contributed by atoms with E-state index in [1.807, 2.05) is 26.1 Å². The van der Waals surface area contributed by atoms with E-state index in [9.17, 15) is 5.11 Å². The first-order valence-electron chi connectivity index (χ1n) is 4.34. The number of nitrogens with zero attached hydrogens (tertiary/aromatic N) is 1. The number of phenolic OH excluding ortho intramolecular Hbond substituents is 1. The quantitative estimate of drug-likeness (QED) is 0.758. The Hall–Kier alpha value is -0.840. The van der Waals surface area contributed by atoms with Gasteiger partial charge in [-0.2, -0.15) is 0 Å². The van der Waals surface area contributed by atoms with Gasteiger partial charge in [0.05, 0.1) is 3.57 Å². The van der Waals surface area contributed by atoms with Crippen LogP contribution < -0.4 is 0 Å². The number of hydrogen-bond donors (Lipinski definition) is 1. The highest BCUT2D eigenvalue weighted by atomic mass is 127. The van der Waals surface area contributed by atoms with E-state index in [-0.39, 0.29) is 0 Å². The Bertz CT molecular complexity index is 462. The van der Waals surface area contributed by atoms with Gasteiger partial charge in [-0.25, -0.2) is 0 Å². The molecule has 0 saturated carbocycles. The lowest BCUT2D eigenvalue weighted by Gasteiger charge is -2.10. The number of benzene rings is 1. The molecule has 2 nitrogen and oxygen atoms in total. The van der Waals surface area contributed by atoms with Crippen molar-refractivity contribution in [2.75, 3.05) is 0 Å². The molecule has 0 aliphatic heterocycles. The van der Waals surface area contributed by atoms with Crippen molar-refractivity contribution in [1.82, 2.24) is 4.98 Å². The van der Waals surface area contributed by atoms with Crippen LogP contribution in [0.25, 0.3) is 10.8 Å². The molecule has 0 unspecified atom stereocenters. The number of aromatic nitrogens is 1. The van der Waals surface area contributed by atoms with Gasteiger partial charge in [0.1, 0.15) is 5.75 Å². The Morgan fingerprint density at radius 3 is 2.64 bits per heavy atom. The Labute approximate surface area is 96.1 Å². The molecule has 0 radical (unpaired) electrons. The summed E-state index contributed by atoms with van der Waals surface area (Å²) < 4.78 is 0.917. The molecule has 0 aliphatic rings. The zero-order valence-electron chi connectivity index (χ0n) is 8.00. The van der Waals surface area contributed by atoms with Gasteiger partial charge >= 0.3 is 0 Å². The summed E-state index contributed by atoms with van der Waals surface area (Å²) in [5.74, 6) is 0.391. The van der Waals surface area contributed by atoms with Crippen molar-refractivity contribution in [3.05, 3.63) is 33.2 Å². The zero-order valence-corrected chi connectivity index (χ0v) is 10.2. The molecule has 0 fully saturated rings. The molecular weight excluding hydrogens is 289 g/mol. The number of rotatable bonds is 0. The average molecular weight is 299 g/mol. The van der Waals surface area contributed by atoms with Gasteiger partial charge in [-0.05, 0) is 59.0 Å². The highest BCUT2D eigenvalue weighted by molar-refractivity contribution is 14.1. The van der Waals surface area contributed by atoms with E-state index in [0.29, 0.717) is 5.75 Å². The number of aromatic hydroxyl groups is 1. The first kappa shape index (κ1) is 9.71. The van der Waals surface area contributed by atoms with E-state index in [1.165, 1.54) is 0 Å². The van der Waals surface area contributed by atoms with Crippen molar-refractivity contribution >= 4 is 33.4 Å². The van der Waals surface area contributed by atoms with Crippen LogP contribution in [0, 0.1) is 17.4 Å². The topological polar surface area (TPSA) is 33.1 Å². The second-order valence-electron chi connectivity index (χ2n) is 3.33. The van der Waals surface area contributed by atoms with Crippen LogP contribution in [0.5, 0.6) is 5.75 Å². The second kappa shape index (κ2) is 3.38. The maximum atomic E-state index is 9.86. The summed E-state index contributed by atoms with van der Waals surface area (Å²) >= 11 is 2.16. The van der Waals surface area contributed by atoms with Crippen LogP contribution in [-0.2, 0) is 0 Å². The normalized spacial score (nSPS) is 10.8. The molecule has 72 valence electrons. The van der Waals surface area contributed by atoms with Crippen LogP contribution in [0.1, 0.15) is 11.1 Å². The summed E-state index contributed by atoms with van der Waals surface area (Å²) in [4.78, 5) is 4.10. The third-order valence-corrected chi connectivity index (χ3v) is 3.84. The van der Waals surface area contributed by atoms with Gasteiger partial charge in [-0.15, -0.1) is 0 Å². The van der Waals surface area contributed by atoms with Crippen molar-refractivity contribution in [1.29, 1.82) is 0 Å². The van der Waals surface area contributed by atoms with E-state index in [1.54, 1.807) is 6.20 Å². The summed E-state index contributed by atoms with van der Waals surface area (Å²) in [5.41, 5.74) is 2.02. The zero-order chi connectivity index (χ0) is 10.3. The largest absolute Gasteiger partial charge is 0.507 e. The van der Waals surface area contributed by atoms with Gasteiger partial charge in [-0.1, -0.05) is 0 Å². The minimum absolute atomic E-state index is 0.391. The van der Waals surface area contributed by atoms with Crippen LogP contribution in [0.3, 0.4) is 0 Å². The Morgan fingerprint density at radius 2 is 1.93 bits per heavy atom. The molecule has 1 aromatic carbocycles. The fourth-order valence-corrected chi connectivity index (χ4v) is 2.30. The third kappa shape index (κ3) is 1.27. The van der Waals surface area contributed by atoms with Gasteiger partial charge in [0.25, 0.3) is 0 Å². The number of hydrogen-bond acceptors (Lipinski definition) is 2. The third-order valence-electron chi connectivity index (χ3n) is 2.52. The van der Waals surface area contributed by atoms with Gasteiger partial charge in [0.2, 0.25) is 0 Å². The van der Waals surface area contributed by atoms with E-state index in [4.69, 9.17) is 0 Å². The summed E-state index contributed by atoms with van der Waals surface area (Å²) in [6.45, 7) is 3.93. The maximum absolute atomic E-state index is 9.86. The van der Waals surface area contributed by atoms with Gasteiger partial charge in [0.15, 0.2) is 0 Å². The van der Waals surface area contributed by atoms with Crippen LogP contribution in [0.4, 0.5) is 0 Å². The lowest BCUT2D eigenvalue weighted by molar-refractivity contribution is 0.468. The molecule has 0 amide bonds. The van der Waals surface area contributed by atoms with Crippen molar-refractivity contribution in [3.63, 3.8) is 0 Å². The minimum Gasteiger partial charge on any atom is -0.507 e. The standard InChI is InChI=1S/C11H10INO/c1-6-9-5-13-4-3-8(9)7(2)11(14)10(6)12/h3-5,14H,1-2H3. The minimum atomic E-state index is 0.391. The van der Waals surface area contributed by atoms with Crippen LogP contribution >= 0.6 is 22.6 Å². The number of aryl methyl sites for hydroxylation is 2. The molecule has 0 atom stereocenters. The predicted octanol–water partition coefficient (Wildman–Crippen LogP) is 3.16. The Kier molecular flexibility index (Phi) is 2.34. The van der Waals surface area contributed by atoms with Gasteiger partial charge in [-0.3, -0.25) is 4.98 Å². The second-order valence-corrected chi connectivity index (χ2v) is 4.41.